The van der Waals surface area contributed by atoms with Crippen LogP contribution in [0, 0.1) is 12.7 Å². The Balaban J connectivity index is 1.73. The Morgan fingerprint density at radius 1 is 1.19 bits per heavy atom. The van der Waals surface area contributed by atoms with E-state index < -0.39 is 0 Å². The molecule has 2 aromatic carbocycles. The minimum atomic E-state index is -0.289. The third kappa shape index (κ3) is 5.57. The lowest BCUT2D eigenvalue weighted by atomic mass is 9.94. The van der Waals surface area contributed by atoms with Crippen molar-refractivity contribution < 1.29 is 13.9 Å². The molecule has 0 aliphatic carbocycles. The molecule has 0 atom stereocenters. The standard InChI is InChI=1S/C26H35FN2O2/c1-5-15-29-16-7-8-21-9-10-22(19(3)26(21)29)18-28(4)23-13-11-20(24(27)17-23)12-14-25(30)31-6-2/h9-11,13,17H,5-8,12,14-16,18H2,1-4H3. The fourth-order valence-electron chi connectivity index (χ4n) is 4.47. The van der Waals surface area contributed by atoms with Gasteiger partial charge in [0.1, 0.15) is 5.82 Å². The summed E-state index contributed by atoms with van der Waals surface area (Å²) < 4.78 is 19.6. The van der Waals surface area contributed by atoms with Crippen molar-refractivity contribution in [2.75, 3.05) is 36.5 Å². The van der Waals surface area contributed by atoms with Crippen molar-refractivity contribution in [3.63, 3.8) is 0 Å². The van der Waals surface area contributed by atoms with E-state index in [2.05, 4.69) is 35.8 Å². The average Bonchev–Trinajstić information content (AvgIpc) is 2.75. The summed E-state index contributed by atoms with van der Waals surface area (Å²) in [7, 11) is 2.00. The highest BCUT2D eigenvalue weighted by molar-refractivity contribution is 5.69. The molecule has 0 N–H and O–H groups in total. The molecule has 0 aromatic heterocycles. The van der Waals surface area contributed by atoms with Gasteiger partial charge in [-0.2, -0.15) is 0 Å². The Hall–Kier alpha value is -2.56. The van der Waals surface area contributed by atoms with Gasteiger partial charge in [0, 0.05) is 44.5 Å². The van der Waals surface area contributed by atoms with Gasteiger partial charge in [-0.15, -0.1) is 0 Å². The zero-order valence-electron chi connectivity index (χ0n) is 19.3. The fraction of sp³-hybridized carbons (Fsp3) is 0.500. The van der Waals surface area contributed by atoms with Crippen molar-refractivity contribution in [2.24, 2.45) is 0 Å². The molecule has 31 heavy (non-hydrogen) atoms. The number of anilines is 2. The molecule has 2 aromatic rings. The van der Waals surface area contributed by atoms with Crippen LogP contribution in [-0.2, 0) is 28.9 Å². The molecule has 0 saturated carbocycles. The molecule has 3 rings (SSSR count). The number of rotatable bonds is 9. The molecule has 0 saturated heterocycles. The topological polar surface area (TPSA) is 32.8 Å². The Labute approximate surface area is 186 Å². The molecule has 1 heterocycles. The third-order valence-electron chi connectivity index (χ3n) is 6.10. The van der Waals surface area contributed by atoms with E-state index in [1.54, 1.807) is 19.1 Å². The molecule has 0 bridgehead atoms. The van der Waals surface area contributed by atoms with Crippen LogP contribution in [0.15, 0.2) is 30.3 Å². The largest absolute Gasteiger partial charge is 0.466 e. The smallest absolute Gasteiger partial charge is 0.306 e. The van der Waals surface area contributed by atoms with Crippen LogP contribution in [0.3, 0.4) is 0 Å². The first-order valence-electron chi connectivity index (χ1n) is 11.5. The SMILES string of the molecule is CCCN1CCCc2ccc(CN(C)c3ccc(CCC(=O)OCC)c(F)c3)c(C)c21. The maximum Gasteiger partial charge on any atom is 0.306 e. The number of aryl methyl sites for hydroxylation is 2. The Morgan fingerprint density at radius 3 is 2.68 bits per heavy atom. The van der Waals surface area contributed by atoms with E-state index in [0.29, 0.717) is 18.6 Å². The van der Waals surface area contributed by atoms with Gasteiger partial charge in [-0.1, -0.05) is 25.1 Å². The highest BCUT2D eigenvalue weighted by Crippen LogP contribution is 2.33. The zero-order valence-corrected chi connectivity index (χ0v) is 19.3. The minimum absolute atomic E-state index is 0.197. The van der Waals surface area contributed by atoms with Gasteiger partial charge in [-0.05, 0) is 73.9 Å². The van der Waals surface area contributed by atoms with Crippen molar-refractivity contribution in [3.8, 4) is 0 Å². The fourth-order valence-corrected chi connectivity index (χ4v) is 4.47. The lowest BCUT2D eigenvalue weighted by Gasteiger charge is -2.34. The van der Waals surface area contributed by atoms with Crippen molar-refractivity contribution in [1.82, 2.24) is 0 Å². The summed E-state index contributed by atoms with van der Waals surface area (Å²) in [4.78, 5) is 16.2. The first-order chi connectivity index (χ1) is 14.9. The summed E-state index contributed by atoms with van der Waals surface area (Å²) in [5, 5.41) is 0. The summed E-state index contributed by atoms with van der Waals surface area (Å²) in [6, 6.07) is 9.78. The lowest BCUT2D eigenvalue weighted by molar-refractivity contribution is -0.143. The maximum absolute atomic E-state index is 14.6. The van der Waals surface area contributed by atoms with Gasteiger partial charge in [0.2, 0.25) is 0 Å². The van der Waals surface area contributed by atoms with E-state index in [4.69, 9.17) is 4.74 Å². The number of esters is 1. The van der Waals surface area contributed by atoms with Crippen LogP contribution in [-0.4, -0.2) is 32.7 Å². The molecular formula is C26H35FN2O2. The van der Waals surface area contributed by atoms with Crippen molar-refractivity contribution >= 4 is 17.3 Å². The van der Waals surface area contributed by atoms with Crippen LogP contribution in [0.1, 0.15) is 55.4 Å². The Morgan fingerprint density at radius 2 is 1.97 bits per heavy atom. The van der Waals surface area contributed by atoms with E-state index in [1.165, 1.54) is 28.8 Å². The minimum Gasteiger partial charge on any atom is -0.466 e. The maximum atomic E-state index is 14.6. The van der Waals surface area contributed by atoms with E-state index in [9.17, 15) is 9.18 Å². The van der Waals surface area contributed by atoms with Gasteiger partial charge in [-0.25, -0.2) is 4.39 Å². The number of hydrogen-bond acceptors (Lipinski definition) is 4. The van der Waals surface area contributed by atoms with E-state index >= 15 is 0 Å². The molecule has 0 spiro atoms. The van der Waals surface area contributed by atoms with Crippen molar-refractivity contribution in [1.29, 1.82) is 0 Å². The number of halogens is 1. The summed E-state index contributed by atoms with van der Waals surface area (Å²) >= 11 is 0. The number of carbonyl (C=O) groups excluding carboxylic acids is 1. The Bertz CT molecular complexity index is 913. The molecule has 4 nitrogen and oxygen atoms in total. The van der Waals surface area contributed by atoms with Crippen LogP contribution in [0.2, 0.25) is 0 Å². The molecule has 0 unspecified atom stereocenters. The van der Waals surface area contributed by atoms with E-state index in [-0.39, 0.29) is 18.2 Å². The van der Waals surface area contributed by atoms with Gasteiger partial charge < -0.3 is 14.5 Å². The third-order valence-corrected chi connectivity index (χ3v) is 6.10. The Kier molecular flexibility index (Phi) is 7.94. The number of benzene rings is 2. The normalized spacial score (nSPS) is 13.1. The summed E-state index contributed by atoms with van der Waals surface area (Å²) in [5.41, 5.74) is 6.84. The summed E-state index contributed by atoms with van der Waals surface area (Å²) in [6.45, 7) is 9.51. The first kappa shape index (κ1) is 23.1. The molecule has 0 amide bonds. The number of fused-ring (bicyclic) bond motifs is 1. The number of nitrogens with zero attached hydrogens (tertiary/aromatic N) is 2. The lowest BCUT2D eigenvalue weighted by Crippen LogP contribution is -2.31. The molecule has 5 heteroatoms. The number of ether oxygens (including phenoxy) is 1. The summed E-state index contributed by atoms with van der Waals surface area (Å²) in [6.07, 6.45) is 4.05. The predicted octanol–water partition coefficient (Wildman–Crippen LogP) is 5.43. The van der Waals surface area contributed by atoms with Crippen LogP contribution in [0.25, 0.3) is 0 Å². The molecule has 0 radical (unpaired) electrons. The van der Waals surface area contributed by atoms with Crippen LogP contribution in [0.5, 0.6) is 0 Å². The first-order valence-corrected chi connectivity index (χ1v) is 11.5. The van der Waals surface area contributed by atoms with E-state index in [1.807, 2.05) is 13.1 Å². The van der Waals surface area contributed by atoms with Gasteiger partial charge in [0.15, 0.2) is 0 Å². The van der Waals surface area contributed by atoms with E-state index in [0.717, 1.165) is 38.2 Å². The predicted molar refractivity (Wildman–Crippen MR) is 125 cm³/mol. The molecule has 0 fully saturated rings. The quantitative estimate of drug-likeness (QED) is 0.501. The monoisotopic (exact) mass is 426 g/mol. The number of hydrogen-bond donors (Lipinski definition) is 0. The van der Waals surface area contributed by atoms with Crippen LogP contribution < -0.4 is 9.80 Å². The zero-order chi connectivity index (χ0) is 22.4. The molecule has 1 aliphatic rings. The summed E-state index contributed by atoms with van der Waals surface area (Å²) in [5.74, 6) is -0.562. The second-order valence-corrected chi connectivity index (χ2v) is 8.38. The van der Waals surface area contributed by atoms with Gasteiger partial charge >= 0.3 is 5.97 Å². The van der Waals surface area contributed by atoms with Crippen molar-refractivity contribution in [2.45, 2.75) is 59.4 Å². The van der Waals surface area contributed by atoms with Crippen LogP contribution >= 0.6 is 0 Å². The molecule has 1 aliphatic heterocycles. The molecule has 168 valence electrons. The highest BCUT2D eigenvalue weighted by atomic mass is 19.1. The van der Waals surface area contributed by atoms with Gasteiger partial charge in [0.05, 0.1) is 6.61 Å². The van der Waals surface area contributed by atoms with Crippen LogP contribution in [0.4, 0.5) is 15.8 Å². The van der Waals surface area contributed by atoms with Crippen molar-refractivity contribution in [3.05, 3.63) is 58.4 Å². The highest BCUT2D eigenvalue weighted by Gasteiger charge is 2.20. The molecular weight excluding hydrogens is 391 g/mol. The second kappa shape index (κ2) is 10.7. The second-order valence-electron chi connectivity index (χ2n) is 8.38. The average molecular weight is 427 g/mol. The number of carbonyl (C=O) groups is 1. The van der Waals surface area contributed by atoms with Gasteiger partial charge in [-0.3, -0.25) is 4.79 Å². The van der Waals surface area contributed by atoms with Gasteiger partial charge in [0.25, 0.3) is 0 Å².